The fourth-order valence-electron chi connectivity index (χ4n) is 4.60. The van der Waals surface area contributed by atoms with E-state index in [4.69, 9.17) is 9.16 Å². The van der Waals surface area contributed by atoms with Crippen LogP contribution < -0.4 is 10.4 Å². The van der Waals surface area contributed by atoms with E-state index in [1.54, 1.807) is 0 Å². The summed E-state index contributed by atoms with van der Waals surface area (Å²) in [6.07, 6.45) is 2.16. The lowest BCUT2D eigenvalue weighted by atomic mass is 9.96. The molecule has 2 aromatic rings. The van der Waals surface area contributed by atoms with Crippen molar-refractivity contribution in [1.82, 2.24) is 0 Å². The summed E-state index contributed by atoms with van der Waals surface area (Å²) >= 11 is 0. The number of hydrogen-bond acceptors (Lipinski definition) is 3. The van der Waals surface area contributed by atoms with Crippen molar-refractivity contribution < 1.29 is 14.3 Å². The van der Waals surface area contributed by atoms with Crippen LogP contribution in [0.2, 0.25) is 5.04 Å². The molecule has 1 N–H and O–H groups in total. The van der Waals surface area contributed by atoms with Crippen molar-refractivity contribution in [1.29, 1.82) is 0 Å². The highest BCUT2D eigenvalue weighted by molar-refractivity contribution is 6.99. The average molecular weight is 399 g/mol. The standard InChI is InChI=1S/C24H34O3Si/c1-5-12-19-17-23(25)27-22(19)18-26-28(24(2,3)4,20-13-8-6-9-14-20)21-15-10-7-11-16-21/h6-11,13-16,19,22-23,25H,5,12,17-18H2,1-4H3/t19-,22+,23+/m0/s1. The van der Waals surface area contributed by atoms with Gasteiger partial charge in [0.15, 0.2) is 6.29 Å². The summed E-state index contributed by atoms with van der Waals surface area (Å²) in [5.74, 6) is 0.359. The van der Waals surface area contributed by atoms with Gasteiger partial charge >= 0.3 is 0 Å². The van der Waals surface area contributed by atoms with Crippen molar-refractivity contribution in [3.8, 4) is 0 Å². The Labute approximate surface area is 170 Å². The average Bonchev–Trinajstić information content (AvgIpc) is 3.02. The third kappa shape index (κ3) is 4.25. The number of aliphatic hydroxyl groups excluding tert-OH is 1. The molecular formula is C24H34O3Si. The maximum Gasteiger partial charge on any atom is 0.261 e. The fourth-order valence-corrected chi connectivity index (χ4v) is 9.17. The van der Waals surface area contributed by atoms with Crippen LogP contribution in [0.3, 0.4) is 0 Å². The Balaban J connectivity index is 1.99. The summed E-state index contributed by atoms with van der Waals surface area (Å²) in [4.78, 5) is 0. The first-order valence-electron chi connectivity index (χ1n) is 10.5. The maximum absolute atomic E-state index is 10.1. The molecule has 0 bridgehead atoms. The van der Waals surface area contributed by atoms with Gasteiger partial charge < -0.3 is 14.3 Å². The first-order valence-corrected chi connectivity index (χ1v) is 12.4. The summed E-state index contributed by atoms with van der Waals surface area (Å²) in [6, 6.07) is 21.4. The van der Waals surface area contributed by atoms with E-state index in [9.17, 15) is 5.11 Å². The van der Waals surface area contributed by atoms with Gasteiger partial charge in [-0.05, 0) is 27.8 Å². The minimum Gasteiger partial charge on any atom is -0.405 e. The summed E-state index contributed by atoms with van der Waals surface area (Å²) in [5.41, 5.74) is 0. The highest BCUT2D eigenvalue weighted by atomic mass is 28.4. The molecule has 0 aliphatic carbocycles. The van der Waals surface area contributed by atoms with Crippen LogP contribution in [0, 0.1) is 5.92 Å². The molecular weight excluding hydrogens is 364 g/mol. The molecule has 1 saturated heterocycles. The second-order valence-corrected chi connectivity index (χ2v) is 13.2. The molecule has 0 aromatic heterocycles. The molecule has 3 nitrogen and oxygen atoms in total. The zero-order valence-corrected chi connectivity index (χ0v) is 18.6. The van der Waals surface area contributed by atoms with Gasteiger partial charge in [-0.25, -0.2) is 0 Å². The van der Waals surface area contributed by atoms with Gasteiger partial charge in [-0.1, -0.05) is 94.8 Å². The Morgan fingerprint density at radius 1 is 1.00 bits per heavy atom. The quantitative estimate of drug-likeness (QED) is 0.714. The lowest BCUT2D eigenvalue weighted by molar-refractivity contribution is -0.102. The fraction of sp³-hybridized carbons (Fsp3) is 0.500. The molecule has 152 valence electrons. The van der Waals surface area contributed by atoms with E-state index in [0.29, 0.717) is 18.9 Å². The van der Waals surface area contributed by atoms with E-state index in [2.05, 4.69) is 88.4 Å². The Bertz CT molecular complexity index is 687. The van der Waals surface area contributed by atoms with Gasteiger partial charge in [0.05, 0.1) is 12.7 Å². The minimum atomic E-state index is -2.55. The first kappa shape index (κ1) is 21.3. The molecule has 1 aliphatic heterocycles. The van der Waals surface area contributed by atoms with Gasteiger partial charge in [-0.2, -0.15) is 0 Å². The molecule has 3 rings (SSSR count). The zero-order valence-electron chi connectivity index (χ0n) is 17.6. The molecule has 3 atom stereocenters. The highest BCUT2D eigenvalue weighted by Crippen LogP contribution is 2.38. The maximum atomic E-state index is 10.1. The molecule has 0 unspecified atom stereocenters. The third-order valence-corrected chi connectivity index (χ3v) is 10.9. The monoisotopic (exact) mass is 398 g/mol. The van der Waals surface area contributed by atoms with Crippen LogP contribution in [0.5, 0.6) is 0 Å². The van der Waals surface area contributed by atoms with E-state index in [1.165, 1.54) is 10.4 Å². The molecule has 1 aliphatic rings. The first-order chi connectivity index (χ1) is 13.4. The van der Waals surface area contributed by atoms with Crippen molar-refractivity contribution in [3.05, 3.63) is 60.7 Å². The van der Waals surface area contributed by atoms with Gasteiger partial charge in [-0.15, -0.1) is 0 Å². The van der Waals surface area contributed by atoms with Crippen molar-refractivity contribution in [2.24, 2.45) is 5.92 Å². The smallest absolute Gasteiger partial charge is 0.261 e. The van der Waals surface area contributed by atoms with Gasteiger partial charge in [0.25, 0.3) is 8.32 Å². The normalized spacial score (nSPS) is 23.1. The van der Waals surface area contributed by atoms with Gasteiger partial charge in [0.2, 0.25) is 0 Å². The molecule has 0 saturated carbocycles. The summed E-state index contributed by atoms with van der Waals surface area (Å²) in [5, 5.41) is 12.6. The van der Waals surface area contributed by atoms with Crippen LogP contribution in [0.1, 0.15) is 47.0 Å². The Hall–Kier alpha value is -1.46. The SMILES string of the molecule is CCC[C@H]1C[C@H](O)O[C@@H]1CO[Si](c1ccccc1)(c1ccccc1)C(C)(C)C. The molecule has 1 heterocycles. The second kappa shape index (κ2) is 8.91. The number of hydrogen-bond donors (Lipinski definition) is 1. The summed E-state index contributed by atoms with van der Waals surface area (Å²) in [7, 11) is -2.55. The van der Waals surface area contributed by atoms with Crippen LogP contribution in [0.25, 0.3) is 0 Å². The van der Waals surface area contributed by atoms with E-state index in [0.717, 1.165) is 12.8 Å². The van der Waals surface area contributed by atoms with Crippen LogP contribution >= 0.6 is 0 Å². The molecule has 28 heavy (non-hydrogen) atoms. The third-order valence-electron chi connectivity index (χ3n) is 5.90. The number of benzene rings is 2. The minimum absolute atomic E-state index is 0.0448. The van der Waals surface area contributed by atoms with Crippen LogP contribution in [0.15, 0.2) is 60.7 Å². The molecule has 4 heteroatoms. The van der Waals surface area contributed by atoms with Crippen molar-refractivity contribution in [2.45, 2.75) is 64.4 Å². The predicted molar refractivity (Wildman–Crippen MR) is 117 cm³/mol. The predicted octanol–water partition coefficient (Wildman–Crippen LogP) is 4.09. The molecule has 0 spiro atoms. The Morgan fingerprint density at radius 2 is 1.54 bits per heavy atom. The highest BCUT2D eigenvalue weighted by Gasteiger charge is 2.51. The Kier molecular flexibility index (Phi) is 6.76. The van der Waals surface area contributed by atoms with Crippen LogP contribution in [-0.2, 0) is 9.16 Å². The summed E-state index contributed by atoms with van der Waals surface area (Å²) < 4.78 is 12.8. The lowest BCUT2D eigenvalue weighted by Gasteiger charge is -2.43. The van der Waals surface area contributed by atoms with E-state index >= 15 is 0 Å². The lowest BCUT2D eigenvalue weighted by Crippen LogP contribution is -2.67. The summed E-state index contributed by atoms with van der Waals surface area (Å²) in [6.45, 7) is 9.56. The topological polar surface area (TPSA) is 38.7 Å². The van der Waals surface area contributed by atoms with Gasteiger partial charge in [-0.3, -0.25) is 0 Å². The molecule has 1 fully saturated rings. The number of ether oxygens (including phenoxy) is 1. The van der Waals surface area contributed by atoms with Crippen molar-refractivity contribution >= 4 is 18.7 Å². The molecule has 0 radical (unpaired) electrons. The van der Waals surface area contributed by atoms with E-state index in [1.807, 2.05) is 0 Å². The number of aliphatic hydroxyl groups is 1. The van der Waals surface area contributed by atoms with Crippen molar-refractivity contribution in [2.75, 3.05) is 6.61 Å². The number of rotatable bonds is 7. The molecule has 0 amide bonds. The van der Waals surface area contributed by atoms with E-state index in [-0.39, 0.29) is 11.1 Å². The van der Waals surface area contributed by atoms with Gasteiger partial charge in [0.1, 0.15) is 0 Å². The largest absolute Gasteiger partial charge is 0.405 e. The van der Waals surface area contributed by atoms with Crippen molar-refractivity contribution in [3.63, 3.8) is 0 Å². The zero-order chi connectivity index (χ0) is 20.2. The second-order valence-electron chi connectivity index (χ2n) is 8.89. The van der Waals surface area contributed by atoms with Gasteiger partial charge in [0, 0.05) is 6.42 Å². The molecule has 2 aromatic carbocycles. The van der Waals surface area contributed by atoms with Crippen LogP contribution in [-0.4, -0.2) is 32.4 Å². The van der Waals surface area contributed by atoms with Crippen LogP contribution in [0.4, 0.5) is 0 Å². The van der Waals surface area contributed by atoms with E-state index < -0.39 is 14.6 Å². The Morgan fingerprint density at radius 3 is 2.00 bits per heavy atom.